The number of amides is 4. The van der Waals surface area contributed by atoms with E-state index < -0.39 is 11.6 Å². The number of hydrogen-bond acceptors (Lipinski definition) is 4. The lowest BCUT2D eigenvalue weighted by atomic mass is 10.1. The first-order valence-electron chi connectivity index (χ1n) is 7.85. The van der Waals surface area contributed by atoms with Crippen molar-refractivity contribution in [3.8, 4) is 0 Å². The number of aliphatic hydroxyl groups is 1. The summed E-state index contributed by atoms with van der Waals surface area (Å²) in [5.41, 5.74) is 0.287. The molecule has 0 aliphatic carbocycles. The maximum Gasteiger partial charge on any atom is 0.319 e. The molecule has 1 aromatic rings. The molecule has 1 aromatic carbocycles. The van der Waals surface area contributed by atoms with Crippen LogP contribution in [0.4, 0.5) is 10.5 Å². The van der Waals surface area contributed by atoms with E-state index in [1.807, 2.05) is 13.8 Å². The molecule has 0 radical (unpaired) electrons. The molecule has 0 bridgehead atoms. The van der Waals surface area contributed by atoms with Crippen molar-refractivity contribution >= 4 is 23.5 Å². The Morgan fingerprint density at radius 3 is 2.42 bits per heavy atom. The van der Waals surface area contributed by atoms with Crippen LogP contribution in [0.25, 0.3) is 0 Å². The number of rotatable bonds is 5. The maximum absolute atomic E-state index is 12.4. The summed E-state index contributed by atoms with van der Waals surface area (Å²) in [7, 11) is 0. The van der Waals surface area contributed by atoms with Crippen molar-refractivity contribution in [2.75, 3.05) is 18.5 Å². The quantitative estimate of drug-likeness (QED) is 0.716. The highest BCUT2D eigenvalue weighted by atomic mass is 16.3. The molecule has 4 amide bonds. The third kappa shape index (κ3) is 3.73. The first-order chi connectivity index (χ1) is 11.1. The average Bonchev–Trinajstić information content (AvgIpc) is 2.71. The van der Waals surface area contributed by atoms with Gasteiger partial charge in [0.25, 0.3) is 11.8 Å². The molecule has 0 unspecified atom stereocenters. The van der Waals surface area contributed by atoms with Gasteiger partial charge in [-0.25, -0.2) is 4.79 Å². The number of aliphatic hydroxyl groups excluding tert-OH is 1. The van der Waals surface area contributed by atoms with Crippen LogP contribution >= 0.6 is 0 Å². The number of hydrogen-bond donors (Lipinski definition) is 3. The van der Waals surface area contributed by atoms with Crippen molar-refractivity contribution < 1.29 is 19.5 Å². The van der Waals surface area contributed by atoms with Crippen LogP contribution in [-0.4, -0.2) is 46.5 Å². The molecule has 7 nitrogen and oxygen atoms in total. The van der Waals surface area contributed by atoms with E-state index >= 15 is 0 Å². The molecule has 7 heteroatoms. The highest BCUT2D eigenvalue weighted by molar-refractivity contribution is 6.21. The van der Waals surface area contributed by atoms with Crippen molar-refractivity contribution in [3.05, 3.63) is 29.3 Å². The predicted molar refractivity (Wildman–Crippen MR) is 90.0 cm³/mol. The van der Waals surface area contributed by atoms with Gasteiger partial charge in [-0.05, 0) is 38.0 Å². The lowest BCUT2D eigenvalue weighted by molar-refractivity contribution is 0.0636. The van der Waals surface area contributed by atoms with Gasteiger partial charge in [-0.15, -0.1) is 0 Å². The molecule has 1 heterocycles. The van der Waals surface area contributed by atoms with Crippen molar-refractivity contribution in [3.63, 3.8) is 0 Å². The second-order valence-corrected chi connectivity index (χ2v) is 7.00. The van der Waals surface area contributed by atoms with Gasteiger partial charge >= 0.3 is 6.03 Å². The molecular weight excluding hydrogens is 310 g/mol. The molecule has 2 rings (SSSR count). The fourth-order valence-electron chi connectivity index (χ4n) is 2.41. The maximum atomic E-state index is 12.4. The van der Waals surface area contributed by atoms with Crippen LogP contribution in [0.2, 0.25) is 0 Å². The third-order valence-corrected chi connectivity index (χ3v) is 3.62. The smallest absolute Gasteiger partial charge is 0.319 e. The van der Waals surface area contributed by atoms with Gasteiger partial charge in [-0.2, -0.15) is 0 Å². The van der Waals surface area contributed by atoms with Gasteiger partial charge in [0.05, 0.1) is 23.3 Å². The summed E-state index contributed by atoms with van der Waals surface area (Å²) in [6, 6.07) is 4.13. The highest BCUT2D eigenvalue weighted by Crippen LogP contribution is 2.26. The molecule has 0 saturated carbocycles. The van der Waals surface area contributed by atoms with Gasteiger partial charge in [0, 0.05) is 12.2 Å². The van der Waals surface area contributed by atoms with Gasteiger partial charge in [-0.3, -0.25) is 14.5 Å². The van der Waals surface area contributed by atoms with E-state index in [-0.39, 0.29) is 24.3 Å². The number of imide groups is 1. The summed E-state index contributed by atoms with van der Waals surface area (Å²) in [5, 5.41) is 14.4. The Morgan fingerprint density at radius 1 is 1.21 bits per heavy atom. The molecule has 1 aliphatic heterocycles. The van der Waals surface area contributed by atoms with E-state index in [0.717, 1.165) is 0 Å². The van der Waals surface area contributed by atoms with Gasteiger partial charge in [0.1, 0.15) is 0 Å². The van der Waals surface area contributed by atoms with Crippen LogP contribution in [0.5, 0.6) is 0 Å². The van der Waals surface area contributed by atoms with E-state index in [2.05, 4.69) is 10.6 Å². The Hall–Kier alpha value is -2.41. The van der Waals surface area contributed by atoms with Gasteiger partial charge < -0.3 is 15.7 Å². The lowest BCUT2D eigenvalue weighted by Crippen LogP contribution is -2.48. The van der Waals surface area contributed by atoms with E-state index in [9.17, 15) is 19.5 Å². The largest absolute Gasteiger partial charge is 0.394 e. The second-order valence-electron chi connectivity index (χ2n) is 7.00. The van der Waals surface area contributed by atoms with Crippen molar-refractivity contribution in [1.82, 2.24) is 10.2 Å². The van der Waals surface area contributed by atoms with E-state index in [1.165, 1.54) is 11.0 Å². The first kappa shape index (κ1) is 17.9. The SMILES string of the molecule is CC(C)CN1C(=O)c2ccc(NC(=O)NC(C)(C)CO)cc2C1=O. The molecular formula is C17H23N3O4. The summed E-state index contributed by atoms with van der Waals surface area (Å²) >= 11 is 0. The average molecular weight is 333 g/mol. The second kappa shape index (κ2) is 6.60. The van der Waals surface area contributed by atoms with Gasteiger partial charge in [0.2, 0.25) is 0 Å². The van der Waals surface area contributed by atoms with Gasteiger partial charge in [0.15, 0.2) is 0 Å². The first-order valence-corrected chi connectivity index (χ1v) is 7.85. The van der Waals surface area contributed by atoms with E-state index in [0.29, 0.717) is 23.4 Å². The number of nitrogens with zero attached hydrogens (tertiary/aromatic N) is 1. The summed E-state index contributed by atoms with van der Waals surface area (Å²) < 4.78 is 0. The number of fused-ring (bicyclic) bond motifs is 1. The number of anilines is 1. The molecule has 24 heavy (non-hydrogen) atoms. The lowest BCUT2D eigenvalue weighted by Gasteiger charge is -2.23. The van der Waals surface area contributed by atoms with E-state index in [1.54, 1.807) is 26.0 Å². The normalized spacial score (nSPS) is 14.2. The number of urea groups is 1. The fourth-order valence-corrected chi connectivity index (χ4v) is 2.41. The van der Waals surface area contributed by atoms with Crippen molar-refractivity contribution in [2.24, 2.45) is 5.92 Å². The van der Waals surface area contributed by atoms with Crippen LogP contribution in [-0.2, 0) is 0 Å². The molecule has 0 fully saturated rings. The molecule has 0 atom stereocenters. The van der Waals surface area contributed by atoms with Crippen LogP contribution in [0.3, 0.4) is 0 Å². The Balaban J connectivity index is 2.16. The predicted octanol–water partition coefficient (Wildman–Crippen LogP) is 1.83. The molecule has 0 spiro atoms. The third-order valence-electron chi connectivity index (χ3n) is 3.62. The minimum atomic E-state index is -0.763. The molecule has 0 saturated heterocycles. The zero-order valence-corrected chi connectivity index (χ0v) is 14.3. The summed E-state index contributed by atoms with van der Waals surface area (Å²) in [6.45, 7) is 7.39. The molecule has 3 N–H and O–H groups in total. The zero-order chi connectivity index (χ0) is 18.1. The van der Waals surface area contributed by atoms with Crippen molar-refractivity contribution in [2.45, 2.75) is 33.2 Å². The van der Waals surface area contributed by atoms with Crippen LogP contribution in [0.1, 0.15) is 48.4 Å². The standard InChI is InChI=1S/C17H23N3O4/c1-10(2)8-20-14(22)12-6-5-11(7-13(12)15(20)23)18-16(24)19-17(3,4)9-21/h5-7,10,21H,8-9H2,1-4H3,(H2,18,19,24). The Morgan fingerprint density at radius 2 is 1.83 bits per heavy atom. The minimum absolute atomic E-state index is 0.177. The van der Waals surface area contributed by atoms with Gasteiger partial charge in [-0.1, -0.05) is 13.8 Å². The summed E-state index contributed by atoms with van der Waals surface area (Å²) in [5.74, 6) is -0.471. The monoisotopic (exact) mass is 333 g/mol. The van der Waals surface area contributed by atoms with Crippen molar-refractivity contribution in [1.29, 1.82) is 0 Å². The Kier molecular flexibility index (Phi) is 4.94. The number of nitrogens with one attached hydrogen (secondary N) is 2. The molecule has 0 aromatic heterocycles. The number of benzene rings is 1. The summed E-state index contributed by atoms with van der Waals surface area (Å²) in [6.07, 6.45) is 0. The van der Waals surface area contributed by atoms with E-state index in [4.69, 9.17) is 0 Å². The molecule has 1 aliphatic rings. The van der Waals surface area contributed by atoms with Crippen LogP contribution in [0, 0.1) is 5.92 Å². The number of carbonyl (C=O) groups is 3. The fraction of sp³-hybridized carbons (Fsp3) is 0.471. The van der Waals surface area contributed by atoms with Crippen LogP contribution in [0.15, 0.2) is 18.2 Å². The Bertz CT molecular complexity index is 682. The molecule has 130 valence electrons. The van der Waals surface area contributed by atoms with Crippen LogP contribution < -0.4 is 10.6 Å². The Labute approximate surface area is 141 Å². The highest BCUT2D eigenvalue weighted by Gasteiger charge is 2.35. The number of carbonyl (C=O) groups excluding carboxylic acids is 3. The zero-order valence-electron chi connectivity index (χ0n) is 14.3. The minimum Gasteiger partial charge on any atom is -0.394 e. The topological polar surface area (TPSA) is 98.7 Å². The summed E-state index contributed by atoms with van der Waals surface area (Å²) in [4.78, 5) is 37.9.